The molecule has 2 unspecified atom stereocenters. The summed E-state index contributed by atoms with van der Waals surface area (Å²) in [6, 6.07) is 0. The van der Waals surface area contributed by atoms with Gasteiger partial charge in [-0.2, -0.15) is 0 Å². The van der Waals surface area contributed by atoms with Crippen molar-refractivity contribution in [3.63, 3.8) is 0 Å². The predicted molar refractivity (Wildman–Crippen MR) is 97.4 cm³/mol. The van der Waals surface area contributed by atoms with Crippen LogP contribution in [0.3, 0.4) is 0 Å². The van der Waals surface area contributed by atoms with E-state index in [-0.39, 0.29) is 63.6 Å². The highest BCUT2D eigenvalue weighted by atomic mass is 16.7. The first-order chi connectivity index (χ1) is 13.7. The van der Waals surface area contributed by atoms with Crippen LogP contribution in [0.1, 0.15) is 20.8 Å². The van der Waals surface area contributed by atoms with Gasteiger partial charge in [-0.05, 0) is 20.8 Å². The molecule has 4 atom stereocenters. The number of carbonyl (C=O) groups excluding carboxylic acids is 3. The Balaban J connectivity index is 1.15. The van der Waals surface area contributed by atoms with Crippen LogP contribution in [0.4, 0.5) is 0 Å². The van der Waals surface area contributed by atoms with Gasteiger partial charge in [-0.3, -0.25) is 19.3 Å². The fourth-order valence-electron chi connectivity index (χ4n) is 4.08. The molecule has 0 aromatic carbocycles. The Labute approximate surface area is 169 Å². The number of carbonyl (C=O) groups is 3. The summed E-state index contributed by atoms with van der Waals surface area (Å²) in [5.41, 5.74) is -0.850. The average Bonchev–Trinajstić information content (AvgIpc) is 3.36. The lowest BCUT2D eigenvalue weighted by molar-refractivity contribution is -0.281. The third-order valence-corrected chi connectivity index (χ3v) is 5.89. The van der Waals surface area contributed by atoms with Gasteiger partial charge in [-0.25, -0.2) is 0 Å². The molecule has 160 valence electrons. The number of likely N-dealkylation sites (tertiary alicyclic amines) is 1. The van der Waals surface area contributed by atoms with Crippen molar-refractivity contribution in [3.05, 3.63) is 12.2 Å². The maximum Gasteiger partial charge on any atom is 0.316 e. The summed E-state index contributed by atoms with van der Waals surface area (Å²) >= 11 is 0. The Kier molecular flexibility index (Phi) is 5.27. The van der Waals surface area contributed by atoms with Crippen molar-refractivity contribution in [2.45, 2.75) is 38.8 Å². The Hall–Kier alpha value is -1.81. The fraction of sp³-hybridized carbons (Fsp3) is 0.750. The molecule has 0 spiro atoms. The van der Waals surface area contributed by atoms with Crippen LogP contribution in [0.5, 0.6) is 0 Å². The van der Waals surface area contributed by atoms with Crippen LogP contribution >= 0.6 is 0 Å². The van der Waals surface area contributed by atoms with Crippen molar-refractivity contribution in [2.75, 3.05) is 39.6 Å². The summed E-state index contributed by atoms with van der Waals surface area (Å²) in [4.78, 5) is 38.5. The van der Waals surface area contributed by atoms with Gasteiger partial charge in [0.2, 0.25) is 11.8 Å². The predicted octanol–water partition coefficient (Wildman–Crippen LogP) is 0.274. The highest BCUT2D eigenvalue weighted by Crippen LogP contribution is 2.44. The van der Waals surface area contributed by atoms with Gasteiger partial charge in [0.25, 0.3) is 0 Å². The first-order valence-corrected chi connectivity index (χ1v) is 9.94. The van der Waals surface area contributed by atoms with Gasteiger partial charge in [-0.1, -0.05) is 12.2 Å². The van der Waals surface area contributed by atoms with Gasteiger partial charge >= 0.3 is 5.97 Å². The molecular formula is C20H27NO8. The molecule has 0 saturated carbocycles. The molecule has 2 amide bonds. The Morgan fingerprint density at radius 2 is 1.62 bits per heavy atom. The zero-order chi connectivity index (χ0) is 20.8. The molecule has 0 radical (unpaired) electrons. The molecule has 9 nitrogen and oxygen atoms in total. The number of hydrogen-bond acceptors (Lipinski definition) is 8. The molecule has 0 aliphatic carbocycles. The van der Waals surface area contributed by atoms with E-state index in [0.717, 1.165) is 0 Å². The van der Waals surface area contributed by atoms with E-state index in [9.17, 15) is 14.4 Å². The maximum atomic E-state index is 12.5. The molecule has 9 heteroatoms. The van der Waals surface area contributed by atoms with Gasteiger partial charge < -0.3 is 23.7 Å². The Morgan fingerprint density at radius 3 is 2.21 bits per heavy atom. The Morgan fingerprint density at radius 1 is 1.03 bits per heavy atom. The third kappa shape index (κ3) is 3.72. The van der Waals surface area contributed by atoms with Crippen LogP contribution in [0.25, 0.3) is 0 Å². The molecular weight excluding hydrogens is 382 g/mol. The first-order valence-electron chi connectivity index (χ1n) is 9.94. The number of esters is 1. The van der Waals surface area contributed by atoms with E-state index in [1.54, 1.807) is 20.8 Å². The van der Waals surface area contributed by atoms with Crippen molar-refractivity contribution in [2.24, 2.45) is 17.3 Å². The van der Waals surface area contributed by atoms with Crippen LogP contribution in [0.2, 0.25) is 0 Å². The van der Waals surface area contributed by atoms with E-state index >= 15 is 0 Å². The van der Waals surface area contributed by atoms with E-state index in [4.69, 9.17) is 23.7 Å². The topological polar surface area (TPSA) is 101 Å². The highest BCUT2D eigenvalue weighted by molar-refractivity contribution is 6.06. The van der Waals surface area contributed by atoms with E-state index < -0.39 is 29.0 Å². The van der Waals surface area contributed by atoms with Gasteiger partial charge in [0.15, 0.2) is 5.79 Å². The summed E-state index contributed by atoms with van der Waals surface area (Å²) in [5.74, 6) is -2.29. The molecule has 0 aromatic rings. The monoisotopic (exact) mass is 409 g/mol. The van der Waals surface area contributed by atoms with Crippen molar-refractivity contribution in [3.8, 4) is 0 Å². The van der Waals surface area contributed by atoms with E-state index in [0.29, 0.717) is 0 Å². The van der Waals surface area contributed by atoms with Crippen LogP contribution in [0.15, 0.2) is 12.2 Å². The summed E-state index contributed by atoms with van der Waals surface area (Å²) in [7, 11) is 0. The van der Waals surface area contributed by atoms with E-state index in [1.807, 2.05) is 12.2 Å². The number of amides is 2. The van der Waals surface area contributed by atoms with Gasteiger partial charge in [-0.15, -0.1) is 0 Å². The maximum absolute atomic E-state index is 12.5. The number of nitrogens with zero attached hydrogens (tertiary/aromatic N) is 1. The van der Waals surface area contributed by atoms with Crippen LogP contribution in [0, 0.1) is 17.3 Å². The smallest absolute Gasteiger partial charge is 0.316 e. The third-order valence-electron chi connectivity index (χ3n) is 5.89. The largest absolute Gasteiger partial charge is 0.463 e. The van der Waals surface area contributed by atoms with Crippen molar-refractivity contribution in [1.29, 1.82) is 0 Å². The van der Waals surface area contributed by atoms with Crippen LogP contribution in [-0.2, 0) is 38.1 Å². The molecule has 0 aromatic heterocycles. The summed E-state index contributed by atoms with van der Waals surface area (Å²) in [6.45, 7) is 6.40. The van der Waals surface area contributed by atoms with Crippen molar-refractivity contribution in [1.82, 2.24) is 4.90 Å². The highest BCUT2D eigenvalue weighted by Gasteiger charge is 2.60. The van der Waals surface area contributed by atoms with Crippen LogP contribution < -0.4 is 0 Å². The lowest BCUT2D eigenvalue weighted by atomic mass is 9.85. The number of ether oxygens (including phenoxy) is 5. The zero-order valence-corrected chi connectivity index (χ0v) is 16.9. The van der Waals surface area contributed by atoms with Crippen molar-refractivity contribution < 1.29 is 38.1 Å². The molecule has 29 heavy (non-hydrogen) atoms. The second kappa shape index (κ2) is 7.46. The van der Waals surface area contributed by atoms with Gasteiger partial charge in [0, 0.05) is 0 Å². The number of fused-ring (bicyclic) bond motifs is 5. The summed E-state index contributed by atoms with van der Waals surface area (Å²) < 4.78 is 27.4. The zero-order valence-electron chi connectivity index (χ0n) is 16.9. The fourth-order valence-corrected chi connectivity index (χ4v) is 4.08. The Bertz CT molecular complexity index is 692. The van der Waals surface area contributed by atoms with E-state index in [2.05, 4.69) is 0 Å². The minimum Gasteiger partial charge on any atom is -0.463 e. The quantitative estimate of drug-likeness (QED) is 0.256. The number of hydrogen-bond donors (Lipinski definition) is 0. The molecule has 4 aliphatic heterocycles. The minimum atomic E-state index is -0.850. The van der Waals surface area contributed by atoms with Crippen molar-refractivity contribution >= 4 is 17.8 Å². The molecule has 4 aliphatic rings. The number of imide groups is 1. The van der Waals surface area contributed by atoms with E-state index in [1.165, 1.54) is 4.90 Å². The normalized spacial score (nSPS) is 34.0. The average molecular weight is 409 g/mol. The first kappa shape index (κ1) is 20.5. The standard InChI is InChI=1S/C20H27NO8/c1-19(2)27-10-20(3,11-28-19)18(24)26-9-8-25-7-6-21-16(22)14-12-4-5-13(29-12)15(14)17(21)23/h4-5,12-15H,6-11H2,1-3H3/t12?,13?,14-,15+. The lowest BCUT2D eigenvalue weighted by Gasteiger charge is -2.39. The molecule has 4 heterocycles. The second-order valence-electron chi connectivity index (χ2n) is 8.62. The molecule has 2 bridgehead atoms. The van der Waals surface area contributed by atoms with Gasteiger partial charge in [0.05, 0.1) is 57.0 Å². The molecule has 3 fully saturated rings. The number of rotatable bonds is 7. The molecule has 0 N–H and O–H groups in total. The molecule has 3 saturated heterocycles. The SMILES string of the molecule is CC1(C)OCC(C)(C(=O)OCCOCCN2C(=O)[C@@H]3C4C=CC(O4)[C@@H]3C2=O)CO1. The van der Waals surface area contributed by atoms with Crippen LogP contribution in [-0.4, -0.2) is 80.3 Å². The summed E-state index contributed by atoms with van der Waals surface area (Å²) in [5, 5.41) is 0. The molecule has 4 rings (SSSR count). The minimum absolute atomic E-state index is 0.0763. The van der Waals surface area contributed by atoms with Gasteiger partial charge in [0.1, 0.15) is 12.0 Å². The lowest BCUT2D eigenvalue weighted by Crippen LogP contribution is -2.49. The summed E-state index contributed by atoms with van der Waals surface area (Å²) in [6.07, 6.45) is 3.14. The second-order valence-corrected chi connectivity index (χ2v) is 8.62.